The van der Waals surface area contributed by atoms with Gasteiger partial charge in [-0.15, -0.1) is 0 Å². The van der Waals surface area contributed by atoms with Gasteiger partial charge in [0.05, 0.1) is 23.7 Å². The Labute approximate surface area is 176 Å². The average Bonchev–Trinajstić information content (AvgIpc) is 3.10. The molecule has 5 heteroatoms. The van der Waals surface area contributed by atoms with Crippen LogP contribution in [0.4, 0.5) is 0 Å². The van der Waals surface area contributed by atoms with Crippen LogP contribution in [0.3, 0.4) is 0 Å². The number of imidazole rings is 1. The molecule has 152 valence electrons. The second kappa shape index (κ2) is 8.82. The van der Waals surface area contributed by atoms with Gasteiger partial charge >= 0.3 is 0 Å². The lowest BCUT2D eigenvalue weighted by atomic mass is 10.0. The van der Waals surface area contributed by atoms with Gasteiger partial charge < -0.3 is 14.6 Å². The number of hydrogen-bond acceptors (Lipinski definition) is 3. The summed E-state index contributed by atoms with van der Waals surface area (Å²) in [6.07, 6.45) is 0.595. The SMILES string of the molecule is CCOc1ccc(C(=O)N[C@@H](Cc2nc3ccccc3n2C)c2ccccc2)cc1. The third-order valence-electron chi connectivity index (χ3n) is 5.20. The van der Waals surface area contributed by atoms with Crippen LogP contribution >= 0.6 is 0 Å². The third-order valence-corrected chi connectivity index (χ3v) is 5.20. The first-order valence-electron chi connectivity index (χ1n) is 10.1. The van der Waals surface area contributed by atoms with Crippen molar-refractivity contribution in [2.24, 2.45) is 7.05 Å². The Balaban J connectivity index is 1.60. The van der Waals surface area contributed by atoms with Crippen molar-refractivity contribution in [1.29, 1.82) is 0 Å². The van der Waals surface area contributed by atoms with Crippen molar-refractivity contribution in [3.8, 4) is 5.75 Å². The fourth-order valence-electron chi connectivity index (χ4n) is 3.61. The minimum atomic E-state index is -0.194. The number of aryl methyl sites for hydroxylation is 1. The number of carbonyl (C=O) groups excluding carboxylic acids is 1. The van der Waals surface area contributed by atoms with Crippen LogP contribution < -0.4 is 10.1 Å². The average molecular weight is 399 g/mol. The fourth-order valence-corrected chi connectivity index (χ4v) is 3.61. The molecule has 0 fully saturated rings. The topological polar surface area (TPSA) is 56.1 Å². The van der Waals surface area contributed by atoms with E-state index in [1.807, 2.05) is 74.6 Å². The van der Waals surface area contributed by atoms with Crippen molar-refractivity contribution >= 4 is 16.9 Å². The normalized spacial score (nSPS) is 11.9. The van der Waals surface area contributed by atoms with Crippen LogP contribution in [0.15, 0.2) is 78.9 Å². The van der Waals surface area contributed by atoms with Crippen molar-refractivity contribution < 1.29 is 9.53 Å². The van der Waals surface area contributed by atoms with E-state index in [0.29, 0.717) is 18.6 Å². The molecule has 1 amide bonds. The summed E-state index contributed by atoms with van der Waals surface area (Å²) in [6.45, 7) is 2.53. The Hall–Kier alpha value is -3.60. The van der Waals surface area contributed by atoms with Gasteiger partial charge in [0, 0.05) is 19.0 Å². The Bertz CT molecular complexity index is 1130. The van der Waals surface area contributed by atoms with E-state index < -0.39 is 0 Å². The number of benzene rings is 3. The molecule has 1 atom stereocenters. The molecule has 0 saturated heterocycles. The summed E-state index contributed by atoms with van der Waals surface area (Å²) in [5.74, 6) is 1.57. The molecule has 1 N–H and O–H groups in total. The third kappa shape index (κ3) is 4.20. The maximum Gasteiger partial charge on any atom is 0.251 e. The number of nitrogens with zero attached hydrogens (tertiary/aromatic N) is 2. The summed E-state index contributed by atoms with van der Waals surface area (Å²) in [4.78, 5) is 17.8. The number of aromatic nitrogens is 2. The second-order valence-electron chi connectivity index (χ2n) is 7.17. The van der Waals surface area contributed by atoms with Gasteiger partial charge in [0.25, 0.3) is 5.91 Å². The summed E-state index contributed by atoms with van der Waals surface area (Å²) < 4.78 is 7.56. The molecule has 0 bridgehead atoms. The van der Waals surface area contributed by atoms with Crippen LogP contribution in [0, 0.1) is 0 Å². The number of carbonyl (C=O) groups is 1. The molecule has 1 aromatic heterocycles. The van der Waals surface area contributed by atoms with E-state index in [0.717, 1.165) is 28.2 Å². The van der Waals surface area contributed by atoms with E-state index in [4.69, 9.17) is 9.72 Å². The molecule has 0 unspecified atom stereocenters. The molecule has 30 heavy (non-hydrogen) atoms. The van der Waals surface area contributed by atoms with Crippen molar-refractivity contribution in [3.05, 3.63) is 95.8 Å². The molecule has 0 aliphatic carbocycles. The maximum atomic E-state index is 13.0. The zero-order valence-corrected chi connectivity index (χ0v) is 17.2. The number of para-hydroxylation sites is 2. The highest BCUT2D eigenvalue weighted by atomic mass is 16.5. The van der Waals surface area contributed by atoms with Crippen molar-refractivity contribution in [2.75, 3.05) is 6.61 Å². The number of amides is 1. The van der Waals surface area contributed by atoms with Crippen LogP contribution in [0.2, 0.25) is 0 Å². The zero-order chi connectivity index (χ0) is 20.9. The van der Waals surface area contributed by atoms with E-state index in [2.05, 4.69) is 16.0 Å². The minimum Gasteiger partial charge on any atom is -0.494 e. The first-order chi connectivity index (χ1) is 14.7. The van der Waals surface area contributed by atoms with Gasteiger partial charge in [0.15, 0.2) is 0 Å². The van der Waals surface area contributed by atoms with Crippen LogP contribution in [0.25, 0.3) is 11.0 Å². The second-order valence-corrected chi connectivity index (χ2v) is 7.17. The van der Waals surface area contributed by atoms with Gasteiger partial charge in [-0.3, -0.25) is 4.79 Å². The highest BCUT2D eigenvalue weighted by molar-refractivity contribution is 5.94. The first-order valence-corrected chi connectivity index (χ1v) is 10.1. The summed E-state index contributed by atoms with van der Waals surface area (Å²) >= 11 is 0. The standard InChI is InChI=1S/C25H25N3O2/c1-3-30-20-15-13-19(14-16-20)25(29)27-22(18-9-5-4-6-10-18)17-24-26-21-11-7-8-12-23(21)28(24)2/h4-16,22H,3,17H2,1-2H3,(H,27,29)/t22-/m0/s1. The minimum absolute atomic E-state index is 0.120. The van der Waals surface area contributed by atoms with Gasteiger partial charge in [0.1, 0.15) is 11.6 Å². The van der Waals surface area contributed by atoms with E-state index in [1.165, 1.54) is 0 Å². The summed E-state index contributed by atoms with van der Waals surface area (Å²) in [6, 6.07) is 25.1. The molecule has 1 heterocycles. The molecule has 0 radical (unpaired) electrons. The number of rotatable bonds is 7. The molecule has 5 nitrogen and oxygen atoms in total. The molecule has 0 aliphatic rings. The van der Waals surface area contributed by atoms with Gasteiger partial charge in [-0.1, -0.05) is 42.5 Å². The number of ether oxygens (including phenoxy) is 1. The quantitative estimate of drug-likeness (QED) is 0.491. The van der Waals surface area contributed by atoms with Crippen molar-refractivity contribution in [1.82, 2.24) is 14.9 Å². The molecule has 0 aliphatic heterocycles. The van der Waals surface area contributed by atoms with Crippen molar-refractivity contribution in [3.63, 3.8) is 0 Å². The Morgan fingerprint density at radius 3 is 2.40 bits per heavy atom. The molecule has 4 aromatic rings. The van der Waals surface area contributed by atoms with Crippen molar-refractivity contribution in [2.45, 2.75) is 19.4 Å². The van der Waals surface area contributed by atoms with Crippen LogP contribution in [-0.4, -0.2) is 22.1 Å². The monoisotopic (exact) mass is 399 g/mol. The van der Waals surface area contributed by atoms with E-state index >= 15 is 0 Å². The van der Waals surface area contributed by atoms with Gasteiger partial charge in [0.2, 0.25) is 0 Å². The predicted molar refractivity (Wildman–Crippen MR) is 119 cm³/mol. The highest BCUT2D eigenvalue weighted by Crippen LogP contribution is 2.22. The molecule has 3 aromatic carbocycles. The summed E-state index contributed by atoms with van der Waals surface area (Å²) in [5.41, 5.74) is 3.69. The maximum absolute atomic E-state index is 13.0. The van der Waals surface area contributed by atoms with Gasteiger partial charge in [-0.2, -0.15) is 0 Å². The smallest absolute Gasteiger partial charge is 0.251 e. The Morgan fingerprint density at radius 1 is 1.00 bits per heavy atom. The number of fused-ring (bicyclic) bond motifs is 1. The number of nitrogens with one attached hydrogen (secondary N) is 1. The Kier molecular flexibility index (Phi) is 5.80. The van der Waals surface area contributed by atoms with Crippen LogP contribution in [0.5, 0.6) is 5.75 Å². The van der Waals surface area contributed by atoms with Crippen LogP contribution in [0.1, 0.15) is 34.7 Å². The zero-order valence-electron chi connectivity index (χ0n) is 17.2. The summed E-state index contributed by atoms with van der Waals surface area (Å²) in [7, 11) is 2.01. The molecular weight excluding hydrogens is 374 g/mol. The molecule has 0 spiro atoms. The van der Waals surface area contributed by atoms with E-state index in [1.54, 1.807) is 12.1 Å². The lowest BCUT2D eigenvalue weighted by Gasteiger charge is -2.19. The fraction of sp³-hybridized carbons (Fsp3) is 0.200. The lowest BCUT2D eigenvalue weighted by Crippen LogP contribution is -2.30. The molecule has 4 rings (SSSR count). The highest BCUT2D eigenvalue weighted by Gasteiger charge is 2.19. The van der Waals surface area contributed by atoms with Gasteiger partial charge in [-0.25, -0.2) is 4.98 Å². The number of hydrogen-bond donors (Lipinski definition) is 1. The Morgan fingerprint density at radius 2 is 1.70 bits per heavy atom. The van der Waals surface area contributed by atoms with Gasteiger partial charge in [-0.05, 0) is 48.9 Å². The van der Waals surface area contributed by atoms with Crippen LogP contribution in [-0.2, 0) is 13.5 Å². The summed E-state index contributed by atoms with van der Waals surface area (Å²) in [5, 5.41) is 3.19. The van der Waals surface area contributed by atoms with E-state index in [9.17, 15) is 4.79 Å². The molecule has 0 saturated carbocycles. The first kappa shape index (κ1) is 19.7. The largest absolute Gasteiger partial charge is 0.494 e. The lowest BCUT2D eigenvalue weighted by molar-refractivity contribution is 0.0936. The molecular formula is C25H25N3O2. The van der Waals surface area contributed by atoms with E-state index in [-0.39, 0.29) is 11.9 Å². The predicted octanol–water partition coefficient (Wildman–Crippen LogP) is 4.69.